The number of aromatic nitrogens is 1. The van der Waals surface area contributed by atoms with Gasteiger partial charge in [-0.2, -0.15) is 0 Å². The van der Waals surface area contributed by atoms with Gasteiger partial charge in [-0.1, -0.05) is 15.9 Å². The Kier molecular flexibility index (Phi) is 4.97. The van der Waals surface area contributed by atoms with E-state index in [4.69, 9.17) is 0 Å². The number of hydrogen-bond acceptors (Lipinski definition) is 3. The maximum Gasteiger partial charge on any atom is 0.287 e. The summed E-state index contributed by atoms with van der Waals surface area (Å²) >= 11 is 3.29. The van der Waals surface area contributed by atoms with Gasteiger partial charge in [0.2, 0.25) is 0 Å². The first-order valence-electron chi connectivity index (χ1n) is 4.82. The minimum Gasteiger partial charge on any atom is -0.351 e. The molecule has 0 radical (unpaired) electrons. The summed E-state index contributed by atoms with van der Waals surface area (Å²) in [7, 11) is 0. The van der Waals surface area contributed by atoms with E-state index in [1.165, 1.54) is 12.3 Å². The van der Waals surface area contributed by atoms with Crippen molar-refractivity contribution in [3.05, 3.63) is 28.1 Å². The highest BCUT2D eigenvalue weighted by Crippen LogP contribution is 2.11. The van der Waals surface area contributed by atoms with Gasteiger partial charge in [0.05, 0.1) is 11.1 Å². The highest BCUT2D eigenvalue weighted by atomic mass is 79.9. The molecule has 0 spiro atoms. The smallest absolute Gasteiger partial charge is 0.287 e. The molecule has 1 aromatic rings. The normalized spacial score (nSPS) is 10.1. The van der Waals surface area contributed by atoms with E-state index in [2.05, 4.69) is 26.2 Å². The number of nitrogens with zero attached hydrogens (tertiary/aromatic N) is 1. The molecule has 0 fully saturated rings. The van der Waals surface area contributed by atoms with Gasteiger partial charge in [-0.25, -0.2) is 0 Å². The molecule has 0 aliphatic rings. The van der Waals surface area contributed by atoms with E-state index < -0.39 is 4.92 Å². The van der Waals surface area contributed by atoms with Crippen LogP contribution in [-0.2, 0) is 0 Å². The molecule has 0 atom stereocenters. The van der Waals surface area contributed by atoms with Crippen molar-refractivity contribution in [1.82, 2.24) is 10.3 Å². The second kappa shape index (κ2) is 6.26. The number of nitro groups is 1. The lowest BCUT2D eigenvalue weighted by Crippen LogP contribution is -2.24. The predicted octanol–water partition coefficient (Wildman–Crippen LogP) is 1.83. The maximum atomic E-state index is 11.5. The second-order valence-corrected chi connectivity index (χ2v) is 3.97. The summed E-state index contributed by atoms with van der Waals surface area (Å²) in [6.07, 6.45) is 3.05. The van der Waals surface area contributed by atoms with Gasteiger partial charge < -0.3 is 10.3 Å². The van der Waals surface area contributed by atoms with Crippen LogP contribution < -0.4 is 5.32 Å². The van der Waals surface area contributed by atoms with Gasteiger partial charge in [0, 0.05) is 17.9 Å². The Labute approximate surface area is 101 Å². The molecule has 0 unspecified atom stereocenters. The standard InChI is InChI=1S/C9H12BrN3O3/c10-3-1-2-4-11-9(14)8-5-7(6-12-8)13(15)16/h5-6,12H,1-4H2,(H,11,14). The Hall–Kier alpha value is -1.37. The number of carbonyl (C=O) groups excluding carboxylic acids is 1. The number of alkyl halides is 1. The van der Waals surface area contributed by atoms with Crippen LogP contribution in [0.1, 0.15) is 23.3 Å². The first-order chi connectivity index (χ1) is 7.65. The molecule has 0 bridgehead atoms. The number of hydrogen-bond donors (Lipinski definition) is 2. The van der Waals surface area contributed by atoms with Gasteiger partial charge in [0.1, 0.15) is 5.69 Å². The highest BCUT2D eigenvalue weighted by Gasteiger charge is 2.13. The van der Waals surface area contributed by atoms with E-state index >= 15 is 0 Å². The zero-order valence-corrected chi connectivity index (χ0v) is 10.1. The van der Waals surface area contributed by atoms with Crippen molar-refractivity contribution >= 4 is 27.5 Å². The van der Waals surface area contributed by atoms with E-state index in [9.17, 15) is 14.9 Å². The third-order valence-corrected chi connectivity index (χ3v) is 2.53. The lowest BCUT2D eigenvalue weighted by Gasteiger charge is -2.01. The Bertz CT molecular complexity index is 378. The Morgan fingerprint density at radius 2 is 2.31 bits per heavy atom. The van der Waals surface area contributed by atoms with E-state index in [-0.39, 0.29) is 17.3 Å². The van der Waals surface area contributed by atoms with Crippen molar-refractivity contribution in [2.75, 3.05) is 11.9 Å². The summed E-state index contributed by atoms with van der Waals surface area (Å²) in [6.45, 7) is 0.567. The molecular weight excluding hydrogens is 278 g/mol. The third-order valence-electron chi connectivity index (χ3n) is 1.97. The fraction of sp³-hybridized carbons (Fsp3) is 0.444. The first kappa shape index (κ1) is 12.7. The monoisotopic (exact) mass is 289 g/mol. The molecule has 6 nitrogen and oxygen atoms in total. The van der Waals surface area contributed by atoms with Crippen molar-refractivity contribution < 1.29 is 9.72 Å². The number of nitrogens with one attached hydrogen (secondary N) is 2. The molecule has 88 valence electrons. The highest BCUT2D eigenvalue weighted by molar-refractivity contribution is 9.09. The molecule has 7 heteroatoms. The zero-order chi connectivity index (χ0) is 12.0. The van der Waals surface area contributed by atoms with Crippen molar-refractivity contribution in [3.8, 4) is 0 Å². The number of halogens is 1. The predicted molar refractivity (Wildman–Crippen MR) is 62.8 cm³/mol. The molecule has 0 aromatic carbocycles. The summed E-state index contributed by atoms with van der Waals surface area (Å²) in [6, 6.07) is 1.22. The quantitative estimate of drug-likeness (QED) is 0.362. The third kappa shape index (κ3) is 3.65. The largest absolute Gasteiger partial charge is 0.351 e. The van der Waals surface area contributed by atoms with Gasteiger partial charge >= 0.3 is 0 Å². The molecule has 1 rings (SSSR count). The molecule has 1 amide bonds. The minimum absolute atomic E-state index is 0.106. The molecule has 2 N–H and O–H groups in total. The lowest BCUT2D eigenvalue weighted by atomic mass is 10.3. The van der Waals surface area contributed by atoms with Crippen LogP contribution in [-0.4, -0.2) is 27.7 Å². The summed E-state index contributed by atoms with van der Waals surface area (Å²) < 4.78 is 0. The van der Waals surface area contributed by atoms with Crippen LogP contribution in [0.3, 0.4) is 0 Å². The van der Waals surface area contributed by atoms with Crippen LogP contribution >= 0.6 is 15.9 Å². The molecule has 0 saturated carbocycles. The Morgan fingerprint density at radius 1 is 1.56 bits per heavy atom. The van der Waals surface area contributed by atoms with Crippen LogP contribution in [0.15, 0.2) is 12.3 Å². The fourth-order valence-electron chi connectivity index (χ4n) is 1.14. The fourth-order valence-corrected chi connectivity index (χ4v) is 1.53. The molecule has 1 aromatic heterocycles. The number of rotatable bonds is 6. The van der Waals surface area contributed by atoms with Crippen LogP contribution in [0, 0.1) is 10.1 Å². The van der Waals surface area contributed by atoms with Crippen LogP contribution in [0.2, 0.25) is 0 Å². The van der Waals surface area contributed by atoms with Crippen molar-refractivity contribution in [3.63, 3.8) is 0 Å². The first-order valence-corrected chi connectivity index (χ1v) is 5.94. The average Bonchev–Trinajstić information content (AvgIpc) is 2.73. The SMILES string of the molecule is O=C(NCCCCBr)c1cc([N+](=O)[O-])c[nH]1. The summed E-state index contributed by atoms with van der Waals surface area (Å²) in [5.41, 5.74) is 0.108. The van der Waals surface area contributed by atoms with Crippen LogP contribution in [0.5, 0.6) is 0 Å². The molecular formula is C9H12BrN3O3. The minimum atomic E-state index is -0.544. The van der Waals surface area contributed by atoms with Crippen LogP contribution in [0.4, 0.5) is 5.69 Å². The number of amides is 1. The van der Waals surface area contributed by atoms with Gasteiger partial charge in [-0.3, -0.25) is 14.9 Å². The Morgan fingerprint density at radius 3 is 2.88 bits per heavy atom. The molecule has 16 heavy (non-hydrogen) atoms. The summed E-state index contributed by atoms with van der Waals surface area (Å²) in [5.74, 6) is -0.317. The molecule has 0 saturated heterocycles. The zero-order valence-electron chi connectivity index (χ0n) is 8.53. The lowest BCUT2D eigenvalue weighted by molar-refractivity contribution is -0.384. The van der Waals surface area contributed by atoms with E-state index in [0.29, 0.717) is 6.54 Å². The van der Waals surface area contributed by atoms with Crippen molar-refractivity contribution in [1.29, 1.82) is 0 Å². The molecule has 0 aliphatic carbocycles. The van der Waals surface area contributed by atoms with E-state index in [1.807, 2.05) is 0 Å². The van der Waals surface area contributed by atoms with Gasteiger partial charge in [0.15, 0.2) is 0 Å². The van der Waals surface area contributed by atoms with Crippen molar-refractivity contribution in [2.24, 2.45) is 0 Å². The summed E-state index contributed by atoms with van der Waals surface area (Å²) in [5, 5.41) is 14.0. The molecule has 1 heterocycles. The Balaban J connectivity index is 2.43. The summed E-state index contributed by atoms with van der Waals surface area (Å²) in [4.78, 5) is 23.9. The van der Waals surface area contributed by atoms with Gasteiger partial charge in [0.25, 0.3) is 11.6 Å². The topological polar surface area (TPSA) is 88.0 Å². The number of H-pyrrole nitrogens is 1. The van der Waals surface area contributed by atoms with Gasteiger partial charge in [-0.15, -0.1) is 0 Å². The van der Waals surface area contributed by atoms with E-state index in [0.717, 1.165) is 18.2 Å². The second-order valence-electron chi connectivity index (χ2n) is 3.18. The van der Waals surface area contributed by atoms with E-state index in [1.54, 1.807) is 0 Å². The maximum absolute atomic E-state index is 11.5. The molecule has 0 aliphatic heterocycles. The number of carbonyl (C=O) groups is 1. The average molecular weight is 290 g/mol. The van der Waals surface area contributed by atoms with Crippen LogP contribution in [0.25, 0.3) is 0 Å². The number of aromatic amines is 1. The van der Waals surface area contributed by atoms with Gasteiger partial charge in [-0.05, 0) is 12.8 Å². The number of unbranched alkanes of at least 4 members (excludes halogenated alkanes) is 1. The van der Waals surface area contributed by atoms with Crippen molar-refractivity contribution in [2.45, 2.75) is 12.8 Å².